The Morgan fingerprint density at radius 1 is 1.00 bits per heavy atom. The number of hydrogen-bond acceptors (Lipinski definition) is 4. The molecule has 102 valence electrons. The first-order chi connectivity index (χ1) is 8.25. The number of nitrogens with zero attached hydrogens (tertiary/aromatic N) is 2. The van der Waals surface area contributed by atoms with Crippen LogP contribution in [0.4, 0.5) is 13.2 Å². The van der Waals surface area contributed by atoms with Gasteiger partial charge in [-0.3, -0.25) is 4.55 Å². The van der Waals surface area contributed by atoms with Crippen LogP contribution in [-0.2, 0) is 10.1 Å². The maximum absolute atomic E-state index is 10.7. The van der Waals surface area contributed by atoms with Crippen LogP contribution in [0.2, 0.25) is 0 Å². The molecule has 0 fully saturated rings. The molecule has 0 amide bonds. The molecule has 18 heavy (non-hydrogen) atoms. The molecular formula is C7H9F3N4O3S. The molecule has 0 aliphatic rings. The lowest BCUT2D eigenvalue weighted by atomic mass is 11.0. The molecule has 0 unspecified atom stereocenters. The summed E-state index contributed by atoms with van der Waals surface area (Å²) in [6, 6.07) is 0. The summed E-state index contributed by atoms with van der Waals surface area (Å²) in [5.74, 6) is 0. The molecule has 11 heteroatoms. The van der Waals surface area contributed by atoms with Crippen LogP contribution in [0.5, 0.6) is 0 Å². The Kier molecular flexibility index (Phi) is 6.67. The third-order valence-corrected chi connectivity index (χ3v) is 1.69. The first kappa shape index (κ1) is 16.1. The van der Waals surface area contributed by atoms with Gasteiger partial charge in [0.15, 0.2) is 0 Å². The van der Waals surface area contributed by atoms with Crippen molar-refractivity contribution < 1.29 is 26.1 Å². The van der Waals surface area contributed by atoms with Crippen LogP contribution in [0, 0.1) is 0 Å². The SMILES string of the molecule is O=S(=O)(O)C(F)(F)F.c1c[nH]cn1.c1c[nH]cn1. The second kappa shape index (κ2) is 7.45. The number of H-pyrrole nitrogens is 2. The first-order valence-corrected chi connectivity index (χ1v) is 5.58. The Morgan fingerprint density at radius 3 is 1.39 bits per heavy atom. The molecular weight excluding hydrogens is 277 g/mol. The van der Waals surface area contributed by atoms with Crippen molar-refractivity contribution >= 4 is 10.1 Å². The van der Waals surface area contributed by atoms with E-state index >= 15 is 0 Å². The highest BCUT2D eigenvalue weighted by Crippen LogP contribution is 2.20. The van der Waals surface area contributed by atoms with Gasteiger partial charge in [0.2, 0.25) is 0 Å². The fourth-order valence-corrected chi connectivity index (χ4v) is 0.430. The fourth-order valence-electron chi connectivity index (χ4n) is 0.430. The predicted molar refractivity (Wildman–Crippen MR) is 54.8 cm³/mol. The molecule has 0 spiro atoms. The van der Waals surface area contributed by atoms with Gasteiger partial charge in [-0.15, -0.1) is 0 Å². The topological polar surface area (TPSA) is 112 Å². The Balaban J connectivity index is 0.000000250. The number of hydrogen-bond donors (Lipinski definition) is 3. The van der Waals surface area contributed by atoms with Gasteiger partial charge in [0.05, 0.1) is 12.7 Å². The molecule has 0 aliphatic heterocycles. The van der Waals surface area contributed by atoms with E-state index in [-0.39, 0.29) is 0 Å². The fraction of sp³-hybridized carbons (Fsp3) is 0.143. The summed E-state index contributed by atoms with van der Waals surface area (Å²) in [6.45, 7) is 0. The Labute approximate surface area is 99.8 Å². The highest BCUT2D eigenvalue weighted by atomic mass is 32.2. The van der Waals surface area contributed by atoms with E-state index in [2.05, 4.69) is 19.9 Å². The third-order valence-electron chi connectivity index (χ3n) is 1.10. The van der Waals surface area contributed by atoms with Gasteiger partial charge in [0.25, 0.3) is 0 Å². The van der Waals surface area contributed by atoms with Crippen LogP contribution in [0.25, 0.3) is 0 Å². The van der Waals surface area contributed by atoms with E-state index in [0.29, 0.717) is 0 Å². The van der Waals surface area contributed by atoms with E-state index in [1.54, 1.807) is 37.4 Å². The smallest absolute Gasteiger partial charge is 0.351 e. The zero-order chi connectivity index (χ0) is 14.1. The molecule has 0 saturated heterocycles. The van der Waals surface area contributed by atoms with Crippen molar-refractivity contribution in [1.29, 1.82) is 0 Å². The molecule has 0 atom stereocenters. The molecule has 0 saturated carbocycles. The number of aromatic nitrogens is 4. The Morgan fingerprint density at radius 2 is 1.33 bits per heavy atom. The summed E-state index contributed by atoms with van der Waals surface area (Å²) < 4.78 is 57.5. The zero-order valence-corrected chi connectivity index (χ0v) is 9.48. The van der Waals surface area contributed by atoms with Crippen LogP contribution in [0.1, 0.15) is 0 Å². The summed E-state index contributed by atoms with van der Waals surface area (Å²) in [4.78, 5) is 12.8. The molecule has 3 N–H and O–H groups in total. The standard InChI is InChI=1S/2C3H4N2.CHF3O3S/c2*1-2-5-3-4-1;2-1(3,4)8(5,6)7/h2*1-3H,(H,4,5);(H,5,6,7). The van der Waals surface area contributed by atoms with Crippen molar-refractivity contribution in [3.8, 4) is 0 Å². The van der Waals surface area contributed by atoms with Gasteiger partial charge in [0.1, 0.15) is 0 Å². The third kappa shape index (κ3) is 8.29. The summed E-state index contributed by atoms with van der Waals surface area (Å²) >= 11 is 0. The van der Waals surface area contributed by atoms with Crippen LogP contribution in [-0.4, -0.2) is 38.4 Å². The molecule has 0 aliphatic carbocycles. The summed E-state index contributed by atoms with van der Waals surface area (Å²) in [5.41, 5.74) is -5.53. The number of nitrogens with one attached hydrogen (secondary N) is 2. The van der Waals surface area contributed by atoms with E-state index < -0.39 is 15.6 Å². The summed E-state index contributed by atoms with van der Waals surface area (Å²) in [6.07, 6.45) is 10.2. The Bertz CT molecular complexity index is 420. The van der Waals surface area contributed by atoms with Crippen molar-refractivity contribution in [2.45, 2.75) is 5.51 Å². The van der Waals surface area contributed by atoms with Crippen LogP contribution in [0.15, 0.2) is 37.4 Å². The first-order valence-electron chi connectivity index (χ1n) is 4.14. The van der Waals surface area contributed by atoms with E-state index in [1.807, 2.05) is 0 Å². The monoisotopic (exact) mass is 286 g/mol. The van der Waals surface area contributed by atoms with Crippen molar-refractivity contribution in [1.82, 2.24) is 19.9 Å². The number of aromatic amines is 2. The van der Waals surface area contributed by atoms with Gasteiger partial charge in [-0.1, -0.05) is 0 Å². The maximum atomic E-state index is 10.7. The number of rotatable bonds is 0. The number of alkyl halides is 3. The molecule has 0 bridgehead atoms. The minimum absolute atomic E-state index is 1.62. The molecule has 0 aromatic carbocycles. The summed E-state index contributed by atoms with van der Waals surface area (Å²) in [5, 5.41) is 0. The van der Waals surface area contributed by atoms with Gasteiger partial charge in [-0.05, 0) is 0 Å². The number of imidazole rings is 2. The largest absolute Gasteiger partial charge is 0.522 e. The molecule has 2 aromatic heterocycles. The highest BCUT2D eigenvalue weighted by Gasteiger charge is 2.44. The normalized spacial score (nSPS) is 10.7. The molecule has 2 rings (SSSR count). The van der Waals surface area contributed by atoms with Gasteiger partial charge >= 0.3 is 15.6 Å². The maximum Gasteiger partial charge on any atom is 0.522 e. The van der Waals surface area contributed by atoms with Crippen molar-refractivity contribution in [3.05, 3.63) is 37.4 Å². The lowest BCUT2D eigenvalue weighted by Crippen LogP contribution is -2.21. The Hall–Kier alpha value is -1.88. The molecule has 0 radical (unpaired) electrons. The average molecular weight is 286 g/mol. The van der Waals surface area contributed by atoms with Gasteiger partial charge in [0, 0.05) is 24.8 Å². The van der Waals surface area contributed by atoms with Crippen LogP contribution >= 0.6 is 0 Å². The quantitative estimate of drug-likeness (QED) is 0.498. The predicted octanol–water partition coefficient (Wildman–Crippen LogP) is 1.21. The second-order valence-electron chi connectivity index (χ2n) is 2.44. The van der Waals surface area contributed by atoms with Gasteiger partial charge in [-0.2, -0.15) is 21.6 Å². The minimum Gasteiger partial charge on any atom is -0.351 e. The molecule has 7 nitrogen and oxygen atoms in total. The lowest BCUT2D eigenvalue weighted by molar-refractivity contribution is -0.0510. The van der Waals surface area contributed by atoms with Crippen LogP contribution in [0.3, 0.4) is 0 Å². The lowest BCUT2D eigenvalue weighted by Gasteiger charge is -1.97. The highest BCUT2D eigenvalue weighted by molar-refractivity contribution is 7.86. The van der Waals surface area contributed by atoms with Crippen LogP contribution < -0.4 is 0 Å². The zero-order valence-electron chi connectivity index (χ0n) is 8.66. The molecule has 2 aromatic rings. The van der Waals surface area contributed by atoms with E-state index in [4.69, 9.17) is 13.0 Å². The minimum atomic E-state index is -5.84. The number of halogens is 3. The average Bonchev–Trinajstić information content (AvgIpc) is 2.95. The van der Waals surface area contributed by atoms with Crippen molar-refractivity contribution in [3.63, 3.8) is 0 Å². The van der Waals surface area contributed by atoms with Gasteiger partial charge < -0.3 is 9.97 Å². The van der Waals surface area contributed by atoms with E-state index in [9.17, 15) is 13.2 Å². The van der Waals surface area contributed by atoms with Gasteiger partial charge in [-0.25, -0.2) is 9.97 Å². The van der Waals surface area contributed by atoms with E-state index in [0.717, 1.165) is 0 Å². The molecule has 2 heterocycles. The van der Waals surface area contributed by atoms with Crippen molar-refractivity contribution in [2.24, 2.45) is 0 Å². The van der Waals surface area contributed by atoms with Crippen molar-refractivity contribution in [2.75, 3.05) is 0 Å². The second-order valence-corrected chi connectivity index (χ2v) is 3.86. The van der Waals surface area contributed by atoms with E-state index in [1.165, 1.54) is 0 Å². The summed E-state index contributed by atoms with van der Waals surface area (Å²) in [7, 11) is -5.84.